The van der Waals surface area contributed by atoms with Gasteiger partial charge in [-0.05, 0) is 32.4 Å². The van der Waals surface area contributed by atoms with E-state index in [0.717, 1.165) is 43.4 Å². The van der Waals surface area contributed by atoms with Crippen molar-refractivity contribution in [3.8, 4) is 0 Å². The Labute approximate surface area is 139 Å². The molecule has 1 aliphatic heterocycles. The molecule has 3 heterocycles. The molecule has 0 N–H and O–H groups in total. The SMILES string of the molecule is Cc1csc(N2CCCN(C(=O)Cc3ccc(C)s3)CC2)n1. The molecule has 22 heavy (non-hydrogen) atoms. The molecule has 118 valence electrons. The molecule has 0 spiro atoms. The van der Waals surface area contributed by atoms with Crippen molar-refractivity contribution in [1.82, 2.24) is 9.88 Å². The van der Waals surface area contributed by atoms with Crippen molar-refractivity contribution < 1.29 is 4.79 Å². The lowest BCUT2D eigenvalue weighted by atomic mass is 10.3. The van der Waals surface area contributed by atoms with Crippen LogP contribution in [0.1, 0.15) is 21.9 Å². The number of aryl methyl sites for hydroxylation is 2. The Bertz CT molecular complexity index is 649. The molecular weight excluding hydrogens is 314 g/mol. The maximum absolute atomic E-state index is 12.5. The van der Waals surface area contributed by atoms with Gasteiger partial charge in [-0.15, -0.1) is 22.7 Å². The van der Waals surface area contributed by atoms with E-state index in [1.54, 1.807) is 22.7 Å². The highest BCUT2D eigenvalue weighted by Crippen LogP contribution is 2.22. The van der Waals surface area contributed by atoms with Gasteiger partial charge in [0, 0.05) is 41.3 Å². The molecule has 6 heteroatoms. The molecule has 1 amide bonds. The third kappa shape index (κ3) is 3.67. The van der Waals surface area contributed by atoms with E-state index in [2.05, 4.69) is 34.3 Å². The van der Waals surface area contributed by atoms with Gasteiger partial charge in [0.25, 0.3) is 0 Å². The molecule has 0 aromatic carbocycles. The number of nitrogens with zero attached hydrogens (tertiary/aromatic N) is 3. The number of thiophene rings is 1. The van der Waals surface area contributed by atoms with Crippen molar-refractivity contribution in [2.45, 2.75) is 26.7 Å². The average Bonchev–Trinajstić information content (AvgIpc) is 3.00. The molecule has 4 nitrogen and oxygen atoms in total. The fourth-order valence-corrected chi connectivity index (χ4v) is 4.42. The molecule has 0 saturated carbocycles. The van der Waals surface area contributed by atoms with Crippen LogP contribution in [-0.4, -0.2) is 42.0 Å². The van der Waals surface area contributed by atoms with Crippen molar-refractivity contribution in [2.24, 2.45) is 0 Å². The predicted molar refractivity (Wildman–Crippen MR) is 93.0 cm³/mol. The van der Waals surface area contributed by atoms with E-state index in [1.165, 1.54) is 9.75 Å². The van der Waals surface area contributed by atoms with Crippen LogP contribution in [0.2, 0.25) is 0 Å². The molecular formula is C16H21N3OS2. The van der Waals surface area contributed by atoms with E-state index in [4.69, 9.17) is 0 Å². The quantitative estimate of drug-likeness (QED) is 0.865. The molecule has 1 saturated heterocycles. The summed E-state index contributed by atoms with van der Waals surface area (Å²) in [6.07, 6.45) is 1.54. The van der Waals surface area contributed by atoms with Crippen LogP contribution in [0.15, 0.2) is 17.5 Å². The van der Waals surface area contributed by atoms with Crippen LogP contribution < -0.4 is 4.90 Å². The summed E-state index contributed by atoms with van der Waals surface area (Å²) >= 11 is 3.41. The number of aromatic nitrogens is 1. The number of anilines is 1. The number of rotatable bonds is 3. The lowest BCUT2D eigenvalue weighted by Gasteiger charge is -2.21. The minimum atomic E-state index is 0.249. The van der Waals surface area contributed by atoms with Gasteiger partial charge in [-0.25, -0.2) is 4.98 Å². The fourth-order valence-electron chi connectivity index (χ4n) is 2.69. The van der Waals surface area contributed by atoms with Crippen LogP contribution in [0.4, 0.5) is 5.13 Å². The van der Waals surface area contributed by atoms with Gasteiger partial charge in [0.2, 0.25) is 5.91 Å². The third-order valence-corrected chi connectivity index (χ3v) is 5.87. The number of thiazole rings is 1. The zero-order valence-electron chi connectivity index (χ0n) is 13.0. The summed E-state index contributed by atoms with van der Waals surface area (Å²) in [5.74, 6) is 0.249. The number of amides is 1. The van der Waals surface area contributed by atoms with Crippen molar-refractivity contribution in [3.05, 3.63) is 33.0 Å². The molecule has 2 aromatic rings. The molecule has 0 aliphatic carbocycles. The van der Waals surface area contributed by atoms with Crippen LogP contribution in [0.3, 0.4) is 0 Å². The van der Waals surface area contributed by atoms with Crippen molar-refractivity contribution >= 4 is 33.7 Å². The highest BCUT2D eigenvalue weighted by atomic mass is 32.1. The van der Waals surface area contributed by atoms with E-state index in [-0.39, 0.29) is 5.91 Å². The summed E-state index contributed by atoms with van der Waals surface area (Å²) in [4.78, 5) is 23.8. The van der Waals surface area contributed by atoms with E-state index >= 15 is 0 Å². The van der Waals surface area contributed by atoms with Gasteiger partial charge < -0.3 is 9.80 Å². The second kappa shape index (κ2) is 6.79. The Morgan fingerprint density at radius 2 is 2.09 bits per heavy atom. The first-order valence-corrected chi connectivity index (χ1v) is 9.31. The third-order valence-electron chi connectivity index (χ3n) is 3.85. The highest BCUT2D eigenvalue weighted by molar-refractivity contribution is 7.13. The van der Waals surface area contributed by atoms with Gasteiger partial charge in [0.1, 0.15) is 0 Å². The number of carbonyl (C=O) groups is 1. The summed E-state index contributed by atoms with van der Waals surface area (Å²) in [7, 11) is 0. The summed E-state index contributed by atoms with van der Waals surface area (Å²) in [5.41, 5.74) is 1.07. The summed E-state index contributed by atoms with van der Waals surface area (Å²) < 4.78 is 0. The summed E-state index contributed by atoms with van der Waals surface area (Å²) in [6, 6.07) is 4.16. The van der Waals surface area contributed by atoms with Gasteiger partial charge in [-0.2, -0.15) is 0 Å². The second-order valence-electron chi connectivity index (χ2n) is 5.68. The van der Waals surface area contributed by atoms with E-state index in [1.807, 2.05) is 11.8 Å². The number of hydrogen-bond acceptors (Lipinski definition) is 5. The Morgan fingerprint density at radius 1 is 1.23 bits per heavy atom. The van der Waals surface area contributed by atoms with Crippen molar-refractivity contribution in [2.75, 3.05) is 31.1 Å². The molecule has 2 aromatic heterocycles. The first kappa shape index (κ1) is 15.5. The highest BCUT2D eigenvalue weighted by Gasteiger charge is 2.21. The normalized spacial score (nSPS) is 15.9. The van der Waals surface area contributed by atoms with E-state index < -0.39 is 0 Å². The Morgan fingerprint density at radius 3 is 2.77 bits per heavy atom. The first-order valence-electron chi connectivity index (χ1n) is 7.62. The lowest BCUT2D eigenvalue weighted by Crippen LogP contribution is -2.36. The van der Waals surface area contributed by atoms with Gasteiger partial charge in [-0.3, -0.25) is 4.79 Å². The second-order valence-corrected chi connectivity index (χ2v) is 7.89. The Kier molecular flexibility index (Phi) is 4.78. The van der Waals surface area contributed by atoms with Gasteiger partial charge in [0.05, 0.1) is 12.1 Å². The topological polar surface area (TPSA) is 36.4 Å². The lowest BCUT2D eigenvalue weighted by molar-refractivity contribution is -0.130. The molecule has 0 atom stereocenters. The standard InChI is InChI=1S/C16H21N3OS2/c1-12-11-21-16(17-12)19-7-3-6-18(8-9-19)15(20)10-14-5-4-13(2)22-14/h4-5,11H,3,6-10H2,1-2H3. The minimum Gasteiger partial charge on any atom is -0.346 e. The average molecular weight is 335 g/mol. The minimum absolute atomic E-state index is 0.249. The largest absolute Gasteiger partial charge is 0.346 e. The molecule has 3 rings (SSSR count). The van der Waals surface area contributed by atoms with Crippen molar-refractivity contribution in [1.29, 1.82) is 0 Å². The van der Waals surface area contributed by atoms with E-state index in [9.17, 15) is 4.79 Å². The van der Waals surface area contributed by atoms with Crippen molar-refractivity contribution in [3.63, 3.8) is 0 Å². The smallest absolute Gasteiger partial charge is 0.227 e. The fraction of sp³-hybridized carbons (Fsp3) is 0.500. The molecule has 0 bridgehead atoms. The van der Waals surface area contributed by atoms with Crippen LogP contribution in [-0.2, 0) is 11.2 Å². The number of carbonyl (C=O) groups excluding carboxylic acids is 1. The molecule has 1 aliphatic rings. The van der Waals surface area contributed by atoms with Crippen LogP contribution in [0.5, 0.6) is 0 Å². The predicted octanol–water partition coefficient (Wildman–Crippen LogP) is 3.10. The van der Waals surface area contributed by atoms with E-state index in [0.29, 0.717) is 6.42 Å². The van der Waals surface area contributed by atoms with Crippen LogP contribution >= 0.6 is 22.7 Å². The van der Waals surface area contributed by atoms with Crippen LogP contribution in [0, 0.1) is 13.8 Å². The van der Waals surface area contributed by atoms with Crippen LogP contribution in [0.25, 0.3) is 0 Å². The maximum Gasteiger partial charge on any atom is 0.227 e. The van der Waals surface area contributed by atoms with Gasteiger partial charge in [-0.1, -0.05) is 0 Å². The number of hydrogen-bond donors (Lipinski definition) is 0. The Balaban J connectivity index is 1.58. The summed E-state index contributed by atoms with van der Waals surface area (Å²) in [5, 5.41) is 3.17. The zero-order valence-corrected chi connectivity index (χ0v) is 14.7. The first-order chi connectivity index (χ1) is 10.6. The van der Waals surface area contributed by atoms with Gasteiger partial charge in [0.15, 0.2) is 5.13 Å². The maximum atomic E-state index is 12.5. The molecule has 1 fully saturated rings. The summed E-state index contributed by atoms with van der Waals surface area (Å²) in [6.45, 7) is 7.61. The molecule has 0 unspecified atom stereocenters. The Hall–Kier alpha value is -1.40. The monoisotopic (exact) mass is 335 g/mol. The zero-order chi connectivity index (χ0) is 15.5. The van der Waals surface area contributed by atoms with Gasteiger partial charge >= 0.3 is 0 Å². The molecule has 0 radical (unpaired) electrons.